The van der Waals surface area contributed by atoms with Crippen LogP contribution in [0.5, 0.6) is 11.5 Å². The number of amides is 3. The fraction of sp³-hybridized carbons (Fsp3) is 0.333. The number of anilines is 2. The van der Waals surface area contributed by atoms with Gasteiger partial charge in [-0.25, -0.2) is 13.2 Å². The topological polar surface area (TPSA) is 138 Å². The van der Waals surface area contributed by atoms with Crippen molar-refractivity contribution in [2.24, 2.45) is 5.92 Å². The maximum Gasteiger partial charge on any atom is 0.323 e. The van der Waals surface area contributed by atoms with E-state index in [2.05, 4.69) is 10.6 Å². The number of rotatable bonds is 9. The lowest BCUT2D eigenvalue weighted by Gasteiger charge is -2.38. The van der Waals surface area contributed by atoms with Crippen LogP contribution in [0, 0.1) is 5.92 Å². The summed E-state index contributed by atoms with van der Waals surface area (Å²) < 4.78 is 39.1. The Morgan fingerprint density at radius 3 is 2.38 bits per heavy atom. The molecular weight excluding hydrogens is 560 g/mol. The molecule has 42 heavy (non-hydrogen) atoms. The Morgan fingerprint density at radius 1 is 1.10 bits per heavy atom. The summed E-state index contributed by atoms with van der Waals surface area (Å²) in [5.74, 6) is 0.247. The number of urea groups is 1. The minimum absolute atomic E-state index is 0.0254. The highest BCUT2D eigenvalue weighted by molar-refractivity contribution is 7.89. The number of sulfonamides is 1. The lowest BCUT2D eigenvalue weighted by Crippen LogP contribution is -2.50. The molecule has 3 N–H and O–H groups in total. The van der Waals surface area contributed by atoms with Crippen molar-refractivity contribution >= 4 is 33.3 Å². The minimum atomic E-state index is -3.78. The predicted molar refractivity (Wildman–Crippen MR) is 159 cm³/mol. The fourth-order valence-electron chi connectivity index (χ4n) is 4.61. The van der Waals surface area contributed by atoms with E-state index in [0.717, 1.165) is 0 Å². The van der Waals surface area contributed by atoms with Crippen molar-refractivity contribution in [3.63, 3.8) is 0 Å². The Kier molecular flexibility index (Phi) is 9.71. The summed E-state index contributed by atoms with van der Waals surface area (Å²) >= 11 is 0. The Balaban J connectivity index is 1.59. The highest BCUT2D eigenvalue weighted by Crippen LogP contribution is 2.31. The first kappa shape index (κ1) is 30.8. The van der Waals surface area contributed by atoms with E-state index < -0.39 is 28.2 Å². The smallest absolute Gasteiger partial charge is 0.323 e. The summed E-state index contributed by atoms with van der Waals surface area (Å²) in [6.45, 7) is 3.60. The molecule has 0 fully saturated rings. The van der Waals surface area contributed by atoms with Gasteiger partial charge in [0, 0.05) is 30.9 Å². The molecule has 4 rings (SSSR count). The molecule has 1 aliphatic rings. The zero-order valence-electron chi connectivity index (χ0n) is 24.0. The molecule has 0 spiro atoms. The van der Waals surface area contributed by atoms with Gasteiger partial charge in [0.05, 0.1) is 36.8 Å². The van der Waals surface area contributed by atoms with Crippen LogP contribution in [0.3, 0.4) is 0 Å². The minimum Gasteiger partial charge on any atom is -0.497 e. The number of methoxy groups -OCH3 is 1. The molecule has 3 aromatic carbocycles. The molecule has 0 saturated carbocycles. The molecular formula is C30H36N4O7S. The monoisotopic (exact) mass is 596 g/mol. The summed E-state index contributed by atoms with van der Waals surface area (Å²) in [6, 6.07) is 18.6. The fourth-order valence-corrected chi connectivity index (χ4v) is 5.81. The number of nitrogens with one attached hydrogen (secondary N) is 2. The summed E-state index contributed by atoms with van der Waals surface area (Å²) in [5.41, 5.74) is 1.08. The first-order valence-electron chi connectivity index (χ1n) is 13.5. The molecule has 0 aromatic heterocycles. The number of benzene rings is 3. The van der Waals surface area contributed by atoms with E-state index in [1.807, 2.05) is 6.92 Å². The third-order valence-corrected chi connectivity index (χ3v) is 9.00. The summed E-state index contributed by atoms with van der Waals surface area (Å²) in [5, 5.41) is 15.4. The first-order valence-corrected chi connectivity index (χ1v) is 14.9. The van der Waals surface area contributed by atoms with E-state index in [9.17, 15) is 23.1 Å². The van der Waals surface area contributed by atoms with Crippen LogP contribution in [0.2, 0.25) is 0 Å². The number of carbonyl (C=O) groups is 2. The van der Waals surface area contributed by atoms with E-state index in [1.54, 1.807) is 73.5 Å². The summed E-state index contributed by atoms with van der Waals surface area (Å²) in [7, 11) is -0.740. The molecule has 1 heterocycles. The molecule has 0 bridgehead atoms. The van der Waals surface area contributed by atoms with Crippen LogP contribution in [-0.2, 0) is 10.0 Å². The zero-order valence-corrected chi connectivity index (χ0v) is 24.8. The number of hydrogen-bond acceptors (Lipinski definition) is 7. The zero-order chi connectivity index (χ0) is 30.4. The molecule has 0 radical (unpaired) electrons. The van der Waals surface area contributed by atoms with E-state index in [4.69, 9.17) is 9.47 Å². The van der Waals surface area contributed by atoms with Gasteiger partial charge >= 0.3 is 6.03 Å². The van der Waals surface area contributed by atoms with Gasteiger partial charge in [-0.2, -0.15) is 4.31 Å². The number of nitrogens with zero attached hydrogens (tertiary/aromatic N) is 2. The Hall–Kier alpha value is -4.13. The van der Waals surface area contributed by atoms with Crippen LogP contribution in [0.4, 0.5) is 16.2 Å². The van der Waals surface area contributed by atoms with Gasteiger partial charge < -0.3 is 30.1 Å². The van der Waals surface area contributed by atoms with Crippen molar-refractivity contribution in [2.45, 2.75) is 30.9 Å². The largest absolute Gasteiger partial charge is 0.497 e. The third kappa shape index (κ3) is 7.01. The maximum atomic E-state index is 13.7. The van der Waals surface area contributed by atoms with Gasteiger partial charge in [-0.1, -0.05) is 25.1 Å². The van der Waals surface area contributed by atoms with Crippen LogP contribution in [-0.4, -0.2) is 80.7 Å². The normalized spacial score (nSPS) is 17.9. The van der Waals surface area contributed by atoms with Gasteiger partial charge in [-0.05, 0) is 61.5 Å². The van der Waals surface area contributed by atoms with Crippen molar-refractivity contribution in [2.75, 3.05) is 44.5 Å². The number of ether oxygens (including phenoxy) is 2. The van der Waals surface area contributed by atoms with Crippen LogP contribution < -0.4 is 20.1 Å². The predicted octanol–water partition coefficient (Wildman–Crippen LogP) is 3.88. The number of aliphatic hydroxyl groups excluding tert-OH is 1. The van der Waals surface area contributed by atoms with Gasteiger partial charge in [0.25, 0.3) is 5.91 Å². The highest BCUT2D eigenvalue weighted by atomic mass is 32.2. The Labute approximate surface area is 246 Å². The Morgan fingerprint density at radius 2 is 1.74 bits per heavy atom. The second-order valence-corrected chi connectivity index (χ2v) is 12.3. The second kappa shape index (κ2) is 13.2. The second-order valence-electron chi connectivity index (χ2n) is 10.2. The van der Waals surface area contributed by atoms with Gasteiger partial charge in [-0.3, -0.25) is 4.79 Å². The Bertz CT molecular complexity index is 1500. The third-order valence-electron chi connectivity index (χ3n) is 7.16. The molecule has 3 aromatic rings. The maximum absolute atomic E-state index is 13.7. The van der Waals surface area contributed by atoms with Crippen LogP contribution in [0.15, 0.2) is 77.7 Å². The highest BCUT2D eigenvalue weighted by Gasteiger charge is 2.35. The molecule has 224 valence electrons. The van der Waals surface area contributed by atoms with Crippen molar-refractivity contribution in [1.29, 1.82) is 0 Å². The van der Waals surface area contributed by atoms with Crippen LogP contribution >= 0.6 is 0 Å². The van der Waals surface area contributed by atoms with Crippen molar-refractivity contribution < 1.29 is 32.6 Å². The van der Waals surface area contributed by atoms with E-state index in [-0.39, 0.29) is 47.7 Å². The average molecular weight is 597 g/mol. The number of fused-ring (bicyclic) bond motifs is 1. The molecule has 11 nitrogen and oxygen atoms in total. The summed E-state index contributed by atoms with van der Waals surface area (Å²) in [4.78, 5) is 28.1. The molecule has 3 amide bonds. The molecule has 1 aliphatic heterocycles. The van der Waals surface area contributed by atoms with E-state index in [0.29, 0.717) is 17.1 Å². The van der Waals surface area contributed by atoms with Gasteiger partial charge in [0.1, 0.15) is 17.6 Å². The molecule has 0 aliphatic carbocycles. The average Bonchev–Trinajstić information content (AvgIpc) is 2.99. The number of likely N-dealkylation sites (N-methyl/N-ethyl adjacent to an activating group) is 1. The van der Waals surface area contributed by atoms with E-state index >= 15 is 0 Å². The van der Waals surface area contributed by atoms with Crippen molar-refractivity contribution in [3.8, 4) is 11.5 Å². The number of aliphatic hydroxyl groups is 1. The molecule has 0 saturated heterocycles. The molecule has 0 unspecified atom stereocenters. The van der Waals surface area contributed by atoms with Gasteiger partial charge in [-0.15, -0.1) is 0 Å². The van der Waals surface area contributed by atoms with Gasteiger partial charge in [0.2, 0.25) is 10.0 Å². The van der Waals surface area contributed by atoms with Crippen molar-refractivity contribution in [1.82, 2.24) is 9.21 Å². The lowest BCUT2D eigenvalue weighted by molar-refractivity contribution is 0.0387. The first-order chi connectivity index (χ1) is 20.0. The quantitative estimate of drug-likeness (QED) is 0.341. The van der Waals surface area contributed by atoms with Crippen LogP contribution in [0.1, 0.15) is 24.2 Å². The molecule has 12 heteroatoms. The standard InChI is InChI=1S/C30H36N4O7S/c1-20-17-34(21(2)19-35)29(36)26-16-23(32-30(37)31-22-10-13-24(40-4)14-11-22)12-15-27(26)41-28(20)18-33(3)42(38,39)25-8-6-5-7-9-25/h5-16,20-21,28,35H,17-19H2,1-4H3,(H2,31,32,37)/t20-,21-,28+/m1/s1. The lowest BCUT2D eigenvalue weighted by atomic mass is 9.99. The number of hydrogen-bond donors (Lipinski definition) is 3. The van der Waals surface area contributed by atoms with E-state index in [1.165, 1.54) is 29.6 Å². The molecule has 3 atom stereocenters. The van der Waals surface area contributed by atoms with Gasteiger partial charge in [0.15, 0.2) is 0 Å². The SMILES string of the molecule is COc1ccc(NC(=O)Nc2ccc3c(c2)C(=O)N([C@H](C)CO)C[C@@H](C)[C@H](CN(C)S(=O)(=O)c2ccccc2)O3)cc1. The van der Waals surface area contributed by atoms with Crippen molar-refractivity contribution in [3.05, 3.63) is 78.4 Å². The summed E-state index contributed by atoms with van der Waals surface area (Å²) in [6.07, 6.45) is -0.620. The van der Waals surface area contributed by atoms with Crippen LogP contribution in [0.25, 0.3) is 0 Å². The number of carbonyl (C=O) groups excluding carboxylic acids is 2.